The van der Waals surface area contributed by atoms with Crippen LogP contribution >= 0.6 is 0 Å². The zero-order valence-corrected chi connectivity index (χ0v) is 11.2. The summed E-state index contributed by atoms with van der Waals surface area (Å²) in [4.78, 5) is 33.1. The molecule has 1 aromatic carbocycles. The van der Waals surface area contributed by atoms with E-state index in [2.05, 4.69) is 10.1 Å². The van der Waals surface area contributed by atoms with E-state index in [0.29, 0.717) is 11.3 Å². The minimum absolute atomic E-state index is 0.365. The number of carbonyl (C=O) groups excluding carboxylic acids is 1. The predicted molar refractivity (Wildman–Crippen MR) is 74.3 cm³/mol. The molecule has 0 saturated heterocycles. The molecule has 0 spiro atoms. The Balaban J connectivity index is 2.11. The molecule has 7 heteroatoms. The first-order valence-electron chi connectivity index (χ1n) is 6.09. The largest absolute Gasteiger partial charge is 0.480 e. The van der Waals surface area contributed by atoms with Gasteiger partial charge in [-0.15, -0.1) is 0 Å². The van der Waals surface area contributed by atoms with Gasteiger partial charge in [-0.05, 0) is 24.6 Å². The molecule has 0 radical (unpaired) electrons. The second-order valence-corrected chi connectivity index (χ2v) is 4.39. The molecule has 2 aromatic rings. The molecule has 1 aromatic heterocycles. The van der Waals surface area contributed by atoms with Gasteiger partial charge in [0.2, 0.25) is 5.91 Å². The smallest absolute Gasteiger partial charge is 0.336 e. The number of anilines is 1. The Labute approximate surface area is 119 Å². The van der Waals surface area contributed by atoms with Crippen LogP contribution < -0.4 is 10.9 Å². The standard InChI is InChI=1S/C14H13NO6/c1-8-4-14(19)21-11-5-9(2-3-10(8)11)15-12(16)6-20-7-13(17)18/h2-5H,6-7H2,1H3,(H,15,16)(H,17,18). The highest BCUT2D eigenvalue weighted by Gasteiger charge is 2.07. The van der Waals surface area contributed by atoms with E-state index in [0.717, 1.165) is 10.9 Å². The molecule has 2 rings (SSSR count). The van der Waals surface area contributed by atoms with Crippen molar-refractivity contribution >= 4 is 28.5 Å². The number of aryl methyl sites for hydroxylation is 1. The summed E-state index contributed by atoms with van der Waals surface area (Å²) >= 11 is 0. The van der Waals surface area contributed by atoms with Crippen LogP contribution in [0.15, 0.2) is 33.5 Å². The van der Waals surface area contributed by atoms with Crippen molar-refractivity contribution in [1.82, 2.24) is 0 Å². The van der Waals surface area contributed by atoms with Gasteiger partial charge in [-0.2, -0.15) is 0 Å². The van der Waals surface area contributed by atoms with E-state index in [1.54, 1.807) is 19.1 Å². The maximum absolute atomic E-state index is 11.5. The fourth-order valence-electron chi connectivity index (χ4n) is 1.83. The molecule has 0 saturated carbocycles. The van der Waals surface area contributed by atoms with E-state index in [4.69, 9.17) is 9.52 Å². The number of carboxylic acid groups (broad SMARTS) is 1. The van der Waals surface area contributed by atoms with Gasteiger partial charge in [-0.3, -0.25) is 4.79 Å². The molecule has 0 atom stereocenters. The van der Waals surface area contributed by atoms with Gasteiger partial charge in [0.15, 0.2) is 0 Å². The molecule has 0 aliphatic rings. The lowest BCUT2D eigenvalue weighted by atomic mass is 10.1. The van der Waals surface area contributed by atoms with Crippen LogP contribution in [0.25, 0.3) is 11.0 Å². The molecule has 7 nitrogen and oxygen atoms in total. The van der Waals surface area contributed by atoms with Crippen LogP contribution in [-0.2, 0) is 14.3 Å². The third kappa shape index (κ3) is 3.90. The van der Waals surface area contributed by atoms with E-state index >= 15 is 0 Å². The summed E-state index contributed by atoms with van der Waals surface area (Å²) in [6.07, 6.45) is 0. The van der Waals surface area contributed by atoms with Gasteiger partial charge < -0.3 is 19.6 Å². The number of fused-ring (bicyclic) bond motifs is 1. The van der Waals surface area contributed by atoms with Crippen molar-refractivity contribution in [3.63, 3.8) is 0 Å². The van der Waals surface area contributed by atoms with Crippen molar-refractivity contribution in [2.75, 3.05) is 18.5 Å². The van der Waals surface area contributed by atoms with Crippen molar-refractivity contribution in [2.24, 2.45) is 0 Å². The molecule has 0 unspecified atom stereocenters. The Morgan fingerprint density at radius 3 is 2.76 bits per heavy atom. The minimum atomic E-state index is -1.15. The van der Waals surface area contributed by atoms with Gasteiger partial charge in [-0.1, -0.05) is 0 Å². The Morgan fingerprint density at radius 2 is 2.05 bits per heavy atom. The number of carboxylic acids is 1. The van der Waals surface area contributed by atoms with E-state index in [1.807, 2.05) is 0 Å². The molecule has 21 heavy (non-hydrogen) atoms. The van der Waals surface area contributed by atoms with Crippen molar-refractivity contribution in [3.05, 3.63) is 40.2 Å². The Kier molecular flexibility index (Phi) is 4.34. The number of hydrogen-bond acceptors (Lipinski definition) is 5. The lowest BCUT2D eigenvalue weighted by Gasteiger charge is -2.07. The van der Waals surface area contributed by atoms with Gasteiger partial charge in [-0.25, -0.2) is 9.59 Å². The minimum Gasteiger partial charge on any atom is -0.480 e. The van der Waals surface area contributed by atoms with E-state index < -0.39 is 24.1 Å². The van der Waals surface area contributed by atoms with E-state index in [1.165, 1.54) is 12.1 Å². The number of carbonyl (C=O) groups is 2. The monoisotopic (exact) mass is 291 g/mol. The lowest BCUT2D eigenvalue weighted by molar-refractivity contribution is -0.143. The van der Waals surface area contributed by atoms with Crippen LogP contribution in [0.5, 0.6) is 0 Å². The second-order valence-electron chi connectivity index (χ2n) is 4.39. The number of hydrogen-bond donors (Lipinski definition) is 2. The SMILES string of the molecule is Cc1cc(=O)oc2cc(NC(=O)COCC(=O)O)ccc12. The van der Waals surface area contributed by atoms with Gasteiger partial charge >= 0.3 is 11.6 Å². The maximum Gasteiger partial charge on any atom is 0.336 e. The van der Waals surface area contributed by atoms with Crippen LogP contribution in [0.2, 0.25) is 0 Å². The van der Waals surface area contributed by atoms with Crippen molar-refractivity contribution in [2.45, 2.75) is 6.92 Å². The third-order valence-corrected chi connectivity index (χ3v) is 2.69. The normalized spacial score (nSPS) is 10.5. The van der Waals surface area contributed by atoms with E-state index in [-0.39, 0.29) is 6.61 Å². The summed E-state index contributed by atoms with van der Waals surface area (Å²) in [5.74, 6) is -1.64. The van der Waals surface area contributed by atoms with Crippen LogP contribution in [0.1, 0.15) is 5.56 Å². The van der Waals surface area contributed by atoms with Gasteiger partial charge in [0.1, 0.15) is 18.8 Å². The van der Waals surface area contributed by atoms with Crippen LogP contribution in [0, 0.1) is 6.92 Å². The number of ether oxygens (including phenoxy) is 1. The number of benzene rings is 1. The average molecular weight is 291 g/mol. The molecule has 1 heterocycles. The number of amides is 1. The first-order chi connectivity index (χ1) is 9.95. The molecular formula is C14H13NO6. The summed E-state index contributed by atoms with van der Waals surface area (Å²) in [5, 5.41) is 11.7. The Morgan fingerprint density at radius 1 is 1.29 bits per heavy atom. The number of rotatable bonds is 5. The molecule has 0 bridgehead atoms. The molecule has 0 aliphatic carbocycles. The maximum atomic E-state index is 11.5. The van der Waals surface area contributed by atoms with Crippen molar-refractivity contribution < 1.29 is 23.8 Å². The van der Waals surface area contributed by atoms with Gasteiger partial charge in [0.05, 0.1) is 0 Å². The first-order valence-corrected chi connectivity index (χ1v) is 6.09. The molecule has 1 amide bonds. The van der Waals surface area contributed by atoms with Gasteiger partial charge in [0, 0.05) is 23.2 Å². The van der Waals surface area contributed by atoms with Crippen molar-refractivity contribution in [1.29, 1.82) is 0 Å². The summed E-state index contributed by atoms with van der Waals surface area (Å²) in [7, 11) is 0. The fourth-order valence-corrected chi connectivity index (χ4v) is 1.83. The van der Waals surface area contributed by atoms with Crippen LogP contribution in [0.3, 0.4) is 0 Å². The molecule has 0 fully saturated rings. The summed E-state index contributed by atoms with van der Waals surface area (Å²) < 4.78 is 9.73. The summed E-state index contributed by atoms with van der Waals surface area (Å²) in [6, 6.07) is 6.30. The van der Waals surface area contributed by atoms with Crippen LogP contribution in [0.4, 0.5) is 5.69 Å². The second kappa shape index (κ2) is 6.19. The Hall–Kier alpha value is -2.67. The molecule has 2 N–H and O–H groups in total. The summed E-state index contributed by atoms with van der Waals surface area (Å²) in [6.45, 7) is 0.874. The number of nitrogens with one attached hydrogen (secondary N) is 1. The predicted octanol–water partition coefficient (Wildman–Crippen LogP) is 1.14. The highest BCUT2D eigenvalue weighted by atomic mass is 16.5. The quantitative estimate of drug-likeness (QED) is 0.800. The lowest BCUT2D eigenvalue weighted by Crippen LogP contribution is -2.20. The molecule has 0 aliphatic heterocycles. The summed E-state index contributed by atoms with van der Waals surface area (Å²) in [5.41, 5.74) is 1.11. The number of aliphatic carboxylic acids is 1. The zero-order valence-electron chi connectivity index (χ0n) is 11.2. The highest BCUT2D eigenvalue weighted by Crippen LogP contribution is 2.20. The molecule has 110 valence electrons. The average Bonchev–Trinajstić information content (AvgIpc) is 2.37. The zero-order chi connectivity index (χ0) is 15.4. The topological polar surface area (TPSA) is 106 Å². The van der Waals surface area contributed by atoms with Crippen LogP contribution in [-0.4, -0.2) is 30.2 Å². The Bertz CT molecular complexity index is 749. The van der Waals surface area contributed by atoms with Gasteiger partial charge in [0.25, 0.3) is 0 Å². The molecular weight excluding hydrogens is 278 g/mol. The highest BCUT2D eigenvalue weighted by molar-refractivity contribution is 5.94. The fraction of sp³-hybridized carbons (Fsp3) is 0.214. The third-order valence-electron chi connectivity index (χ3n) is 2.69. The first kappa shape index (κ1) is 14.7. The van der Waals surface area contributed by atoms with E-state index in [9.17, 15) is 14.4 Å². The van der Waals surface area contributed by atoms with Crippen molar-refractivity contribution in [3.8, 4) is 0 Å².